The second kappa shape index (κ2) is 6.61. The smallest absolute Gasteiger partial charge is 0.135 e. The summed E-state index contributed by atoms with van der Waals surface area (Å²) in [5, 5.41) is 13.5. The fourth-order valence-electron chi connectivity index (χ4n) is 3.39. The number of benzene rings is 1. The molecule has 0 unspecified atom stereocenters. The minimum absolute atomic E-state index is 0.431. The topological polar surface area (TPSA) is 55.6 Å². The van der Waals surface area contributed by atoms with Crippen LogP contribution in [0.3, 0.4) is 0 Å². The fraction of sp³-hybridized carbons (Fsp3) is 0.500. The highest BCUT2D eigenvalue weighted by Gasteiger charge is 2.23. The number of thiazole rings is 1. The van der Waals surface area contributed by atoms with E-state index in [0.29, 0.717) is 11.8 Å². The fourth-order valence-corrected chi connectivity index (χ4v) is 4.33. The van der Waals surface area contributed by atoms with E-state index in [1.807, 2.05) is 6.07 Å². The van der Waals surface area contributed by atoms with Gasteiger partial charge in [0.2, 0.25) is 0 Å². The van der Waals surface area contributed by atoms with Gasteiger partial charge in [0.15, 0.2) is 0 Å². The summed E-state index contributed by atoms with van der Waals surface area (Å²) in [6, 6.07) is 8.34. The number of aromatic nitrogens is 4. The SMILES string of the molecule is CC(C)c1nnc2n1C[C@@H](CNCc1nc3ccccc3s1)CC2. The molecule has 1 aromatic carbocycles. The number of para-hydroxylation sites is 1. The van der Waals surface area contributed by atoms with E-state index in [2.05, 4.69) is 52.1 Å². The van der Waals surface area contributed by atoms with E-state index in [4.69, 9.17) is 4.98 Å². The van der Waals surface area contributed by atoms with Gasteiger partial charge in [0.1, 0.15) is 16.7 Å². The van der Waals surface area contributed by atoms with E-state index < -0.39 is 0 Å². The van der Waals surface area contributed by atoms with Gasteiger partial charge in [-0.1, -0.05) is 26.0 Å². The third-order valence-corrected chi connectivity index (χ3v) is 5.67. The van der Waals surface area contributed by atoms with Crippen LogP contribution in [0.25, 0.3) is 10.2 Å². The number of nitrogens with one attached hydrogen (secondary N) is 1. The van der Waals surface area contributed by atoms with Crippen LogP contribution in [0.2, 0.25) is 0 Å². The minimum atomic E-state index is 0.431. The van der Waals surface area contributed by atoms with Crippen molar-refractivity contribution in [2.45, 2.75) is 45.7 Å². The van der Waals surface area contributed by atoms with Crippen molar-refractivity contribution in [1.82, 2.24) is 25.1 Å². The van der Waals surface area contributed by atoms with E-state index in [9.17, 15) is 0 Å². The van der Waals surface area contributed by atoms with Crippen molar-refractivity contribution in [3.05, 3.63) is 40.9 Å². The summed E-state index contributed by atoms with van der Waals surface area (Å²) in [5.74, 6) is 3.35. The number of rotatable bonds is 5. The highest BCUT2D eigenvalue weighted by molar-refractivity contribution is 7.18. The molecule has 1 aliphatic heterocycles. The zero-order valence-electron chi connectivity index (χ0n) is 14.2. The van der Waals surface area contributed by atoms with Crippen LogP contribution in [0, 0.1) is 5.92 Å². The standard InChI is InChI=1S/C18H23N5S/c1-12(2)18-22-21-16-8-7-13(11-23(16)18)9-19-10-17-20-14-5-3-4-6-15(14)24-17/h3-6,12-13,19H,7-11H2,1-2H3/t13-/m1/s1. The molecule has 1 N–H and O–H groups in total. The molecule has 0 bridgehead atoms. The molecule has 5 nitrogen and oxygen atoms in total. The second-order valence-electron chi connectivity index (χ2n) is 6.85. The van der Waals surface area contributed by atoms with Crippen LogP contribution in [-0.4, -0.2) is 26.3 Å². The first-order valence-electron chi connectivity index (χ1n) is 8.68. The Labute approximate surface area is 146 Å². The van der Waals surface area contributed by atoms with Gasteiger partial charge in [-0.2, -0.15) is 0 Å². The Balaban J connectivity index is 1.35. The largest absolute Gasteiger partial charge is 0.314 e. The predicted octanol–water partition coefficient (Wildman–Crippen LogP) is 3.36. The average molecular weight is 341 g/mol. The van der Waals surface area contributed by atoms with E-state index in [-0.39, 0.29) is 0 Å². The van der Waals surface area contributed by atoms with Crippen molar-refractivity contribution < 1.29 is 0 Å². The van der Waals surface area contributed by atoms with Crippen molar-refractivity contribution >= 4 is 21.6 Å². The molecule has 126 valence electrons. The van der Waals surface area contributed by atoms with Crippen molar-refractivity contribution in [1.29, 1.82) is 0 Å². The Bertz CT molecular complexity index is 802. The monoisotopic (exact) mass is 341 g/mol. The van der Waals surface area contributed by atoms with Gasteiger partial charge in [0.05, 0.1) is 10.2 Å². The van der Waals surface area contributed by atoms with Crippen molar-refractivity contribution in [2.75, 3.05) is 6.54 Å². The summed E-state index contributed by atoms with van der Waals surface area (Å²) in [7, 11) is 0. The molecule has 0 spiro atoms. The molecule has 4 rings (SSSR count). The van der Waals surface area contributed by atoms with Crippen LogP contribution in [0.15, 0.2) is 24.3 Å². The second-order valence-corrected chi connectivity index (χ2v) is 7.97. The number of aryl methyl sites for hydroxylation is 1. The van der Waals surface area contributed by atoms with Crippen LogP contribution >= 0.6 is 11.3 Å². The summed E-state index contributed by atoms with van der Waals surface area (Å²) in [5.41, 5.74) is 1.10. The van der Waals surface area contributed by atoms with Crippen LogP contribution < -0.4 is 5.32 Å². The molecule has 1 atom stereocenters. The van der Waals surface area contributed by atoms with E-state index in [1.165, 1.54) is 16.1 Å². The first-order chi connectivity index (χ1) is 11.7. The molecule has 0 radical (unpaired) electrons. The zero-order chi connectivity index (χ0) is 16.5. The lowest BCUT2D eigenvalue weighted by molar-refractivity contribution is 0.340. The van der Waals surface area contributed by atoms with Crippen LogP contribution in [0.5, 0.6) is 0 Å². The maximum absolute atomic E-state index is 4.69. The molecule has 24 heavy (non-hydrogen) atoms. The van der Waals surface area contributed by atoms with Crippen LogP contribution in [0.1, 0.15) is 42.8 Å². The van der Waals surface area contributed by atoms with Gasteiger partial charge < -0.3 is 9.88 Å². The number of nitrogens with zero attached hydrogens (tertiary/aromatic N) is 4. The molecule has 3 aromatic rings. The molecule has 0 fully saturated rings. The molecule has 2 aromatic heterocycles. The van der Waals surface area contributed by atoms with E-state index in [1.54, 1.807) is 11.3 Å². The lowest BCUT2D eigenvalue weighted by Crippen LogP contribution is -2.30. The maximum Gasteiger partial charge on any atom is 0.135 e. The van der Waals surface area contributed by atoms with Gasteiger partial charge in [-0.15, -0.1) is 21.5 Å². The quantitative estimate of drug-likeness (QED) is 0.773. The number of fused-ring (bicyclic) bond motifs is 2. The molecular weight excluding hydrogens is 318 g/mol. The molecular formula is C18H23N5S. The van der Waals surface area contributed by atoms with Gasteiger partial charge in [0, 0.05) is 32.0 Å². The Morgan fingerprint density at radius 2 is 2.17 bits per heavy atom. The Morgan fingerprint density at radius 1 is 1.29 bits per heavy atom. The Kier molecular flexibility index (Phi) is 4.33. The van der Waals surface area contributed by atoms with Gasteiger partial charge in [-0.05, 0) is 24.5 Å². The zero-order valence-corrected chi connectivity index (χ0v) is 15.0. The lowest BCUT2D eigenvalue weighted by atomic mass is 9.98. The van der Waals surface area contributed by atoms with E-state index in [0.717, 1.165) is 43.2 Å². The van der Waals surface area contributed by atoms with E-state index >= 15 is 0 Å². The van der Waals surface area contributed by atoms with Crippen LogP contribution in [-0.2, 0) is 19.5 Å². The summed E-state index contributed by atoms with van der Waals surface area (Å²) in [6.07, 6.45) is 2.22. The third kappa shape index (κ3) is 3.08. The molecule has 3 heterocycles. The summed E-state index contributed by atoms with van der Waals surface area (Å²) < 4.78 is 3.60. The normalized spacial score (nSPS) is 17.5. The average Bonchev–Trinajstić information content (AvgIpc) is 3.17. The van der Waals surface area contributed by atoms with Gasteiger partial charge in [-0.3, -0.25) is 0 Å². The number of hydrogen-bond donors (Lipinski definition) is 1. The number of hydrogen-bond acceptors (Lipinski definition) is 5. The summed E-state index contributed by atoms with van der Waals surface area (Å²) >= 11 is 1.78. The first kappa shape index (κ1) is 15.7. The first-order valence-corrected chi connectivity index (χ1v) is 9.49. The minimum Gasteiger partial charge on any atom is -0.314 e. The van der Waals surface area contributed by atoms with Gasteiger partial charge >= 0.3 is 0 Å². The lowest BCUT2D eigenvalue weighted by Gasteiger charge is -2.25. The van der Waals surface area contributed by atoms with Gasteiger partial charge in [-0.25, -0.2) is 4.98 Å². The molecule has 0 saturated carbocycles. The maximum atomic E-state index is 4.69. The van der Waals surface area contributed by atoms with Crippen LogP contribution in [0.4, 0.5) is 0 Å². The molecule has 6 heteroatoms. The molecule has 0 saturated heterocycles. The summed E-state index contributed by atoms with van der Waals surface area (Å²) in [4.78, 5) is 4.69. The predicted molar refractivity (Wildman–Crippen MR) is 97.2 cm³/mol. The molecule has 1 aliphatic rings. The molecule has 0 aliphatic carbocycles. The highest BCUT2D eigenvalue weighted by Crippen LogP contribution is 2.24. The van der Waals surface area contributed by atoms with Crippen molar-refractivity contribution in [3.8, 4) is 0 Å². The summed E-state index contributed by atoms with van der Waals surface area (Å²) in [6.45, 7) is 7.27. The van der Waals surface area contributed by atoms with Gasteiger partial charge in [0.25, 0.3) is 0 Å². The highest BCUT2D eigenvalue weighted by atomic mass is 32.1. The Hall–Kier alpha value is -1.79. The molecule has 0 amide bonds. The van der Waals surface area contributed by atoms with Crippen molar-refractivity contribution in [2.24, 2.45) is 5.92 Å². The Morgan fingerprint density at radius 3 is 3.00 bits per heavy atom. The third-order valence-electron chi connectivity index (χ3n) is 4.64. The van der Waals surface area contributed by atoms with Crippen molar-refractivity contribution in [3.63, 3.8) is 0 Å².